The van der Waals surface area contributed by atoms with E-state index in [2.05, 4.69) is 15.3 Å². The zero-order chi connectivity index (χ0) is 22.2. The van der Waals surface area contributed by atoms with E-state index >= 15 is 0 Å². The number of halogens is 1. The van der Waals surface area contributed by atoms with Crippen LogP contribution in [0.15, 0.2) is 42.5 Å². The summed E-state index contributed by atoms with van der Waals surface area (Å²) in [5, 5.41) is 8.51. The van der Waals surface area contributed by atoms with Crippen molar-refractivity contribution in [3.8, 4) is 0 Å². The molecule has 0 atom stereocenters. The molecule has 0 unspecified atom stereocenters. The number of fused-ring (bicyclic) bond motifs is 3. The Morgan fingerprint density at radius 3 is 2.69 bits per heavy atom. The Morgan fingerprint density at radius 2 is 1.88 bits per heavy atom. The number of hydrogen-bond acceptors (Lipinski definition) is 4. The quantitative estimate of drug-likeness (QED) is 0.493. The van der Waals surface area contributed by atoms with Crippen molar-refractivity contribution in [2.45, 2.75) is 39.5 Å². The molecule has 164 valence electrons. The van der Waals surface area contributed by atoms with Crippen LogP contribution in [0.5, 0.6) is 0 Å². The van der Waals surface area contributed by atoms with E-state index in [1.54, 1.807) is 6.07 Å². The van der Waals surface area contributed by atoms with Gasteiger partial charge in [-0.15, -0.1) is 0 Å². The lowest BCUT2D eigenvalue weighted by Crippen LogP contribution is -2.22. The van der Waals surface area contributed by atoms with Crippen LogP contribution in [0.4, 0.5) is 15.8 Å². The van der Waals surface area contributed by atoms with E-state index in [0.717, 1.165) is 65.1 Å². The lowest BCUT2D eigenvalue weighted by Gasteiger charge is -2.22. The van der Waals surface area contributed by atoms with Crippen molar-refractivity contribution in [2.24, 2.45) is 0 Å². The molecule has 0 bridgehead atoms. The molecule has 4 aromatic rings. The lowest BCUT2D eigenvalue weighted by atomic mass is 10.1. The third-order valence-electron chi connectivity index (χ3n) is 6.32. The van der Waals surface area contributed by atoms with E-state index in [9.17, 15) is 9.18 Å². The van der Waals surface area contributed by atoms with E-state index in [1.807, 2.05) is 48.7 Å². The number of aryl methyl sites for hydroxylation is 2. The second-order valence-corrected chi connectivity index (χ2v) is 8.39. The van der Waals surface area contributed by atoms with Crippen molar-refractivity contribution in [1.82, 2.24) is 14.6 Å². The fourth-order valence-electron chi connectivity index (χ4n) is 4.64. The SMILES string of the molecule is Cc1nc2c3ccccc3nn2c(C)c1CCC(=O)Nc1c(F)cccc1N1CCCC1. The summed E-state index contributed by atoms with van der Waals surface area (Å²) in [5.41, 5.74) is 5.61. The Bertz CT molecular complexity index is 1320. The molecule has 0 radical (unpaired) electrons. The molecule has 1 saturated heterocycles. The van der Waals surface area contributed by atoms with Crippen LogP contribution in [-0.2, 0) is 11.2 Å². The standard InChI is InChI=1S/C25H26FN5O/c1-16-18(17(2)31-25(27-16)19-8-3-4-10-21(19)29-31)12-13-23(32)28-24-20(26)9-7-11-22(24)30-14-5-6-15-30/h3-4,7-11H,5-6,12-15H2,1-2H3,(H,28,32). The molecule has 0 spiro atoms. The molecule has 5 rings (SSSR count). The Kier molecular flexibility index (Phi) is 5.25. The largest absolute Gasteiger partial charge is 0.370 e. The van der Waals surface area contributed by atoms with Gasteiger partial charge < -0.3 is 10.2 Å². The van der Waals surface area contributed by atoms with E-state index in [0.29, 0.717) is 6.42 Å². The summed E-state index contributed by atoms with van der Waals surface area (Å²) in [5.74, 6) is -0.610. The summed E-state index contributed by atoms with van der Waals surface area (Å²) >= 11 is 0. The molecule has 0 saturated carbocycles. The number of anilines is 2. The summed E-state index contributed by atoms with van der Waals surface area (Å²) in [6.45, 7) is 5.73. The van der Waals surface area contributed by atoms with E-state index < -0.39 is 5.82 Å². The van der Waals surface area contributed by atoms with Gasteiger partial charge in [0.15, 0.2) is 5.65 Å². The van der Waals surface area contributed by atoms with Gasteiger partial charge in [0, 0.05) is 36.3 Å². The number of nitrogens with one attached hydrogen (secondary N) is 1. The van der Waals surface area contributed by atoms with Crippen molar-refractivity contribution >= 4 is 33.8 Å². The average Bonchev–Trinajstić information content (AvgIpc) is 3.44. The predicted octanol–water partition coefficient (Wildman–Crippen LogP) is 4.81. The molecular weight excluding hydrogens is 405 g/mol. The maximum atomic E-state index is 14.6. The van der Waals surface area contributed by atoms with Crippen LogP contribution in [0.1, 0.15) is 36.2 Å². The Labute approximate surface area is 186 Å². The number of benzene rings is 2. The number of para-hydroxylation sites is 1. The number of aromatic nitrogens is 3. The molecule has 2 aromatic heterocycles. The number of nitrogens with zero attached hydrogens (tertiary/aromatic N) is 4. The summed E-state index contributed by atoms with van der Waals surface area (Å²) < 4.78 is 16.4. The van der Waals surface area contributed by atoms with Gasteiger partial charge in [-0.1, -0.05) is 18.2 Å². The van der Waals surface area contributed by atoms with Gasteiger partial charge in [-0.05, 0) is 62.9 Å². The summed E-state index contributed by atoms with van der Waals surface area (Å²) in [6, 6.07) is 12.9. The fraction of sp³-hybridized carbons (Fsp3) is 0.320. The average molecular weight is 432 g/mol. The van der Waals surface area contributed by atoms with Crippen molar-refractivity contribution in [3.63, 3.8) is 0 Å². The number of amides is 1. The smallest absolute Gasteiger partial charge is 0.224 e. The van der Waals surface area contributed by atoms with Crippen LogP contribution in [0.25, 0.3) is 16.6 Å². The zero-order valence-electron chi connectivity index (χ0n) is 18.4. The molecular formula is C25H26FN5O. The van der Waals surface area contributed by atoms with Crippen LogP contribution < -0.4 is 10.2 Å². The maximum absolute atomic E-state index is 14.6. The van der Waals surface area contributed by atoms with Gasteiger partial charge in [0.05, 0.1) is 11.2 Å². The van der Waals surface area contributed by atoms with Crippen molar-refractivity contribution in [1.29, 1.82) is 0 Å². The molecule has 1 amide bonds. The number of carbonyl (C=O) groups is 1. The fourth-order valence-corrected chi connectivity index (χ4v) is 4.64. The second kappa shape index (κ2) is 8.22. The highest BCUT2D eigenvalue weighted by molar-refractivity contribution is 5.95. The summed E-state index contributed by atoms with van der Waals surface area (Å²) in [6.07, 6.45) is 2.92. The monoisotopic (exact) mass is 431 g/mol. The number of carbonyl (C=O) groups excluding carboxylic acids is 1. The Balaban J connectivity index is 1.37. The minimum Gasteiger partial charge on any atom is -0.370 e. The summed E-state index contributed by atoms with van der Waals surface area (Å²) in [7, 11) is 0. The molecule has 2 aromatic carbocycles. The van der Waals surface area contributed by atoms with Crippen molar-refractivity contribution in [3.05, 3.63) is 65.2 Å². The first-order valence-corrected chi connectivity index (χ1v) is 11.1. The molecule has 32 heavy (non-hydrogen) atoms. The van der Waals surface area contributed by atoms with Gasteiger partial charge >= 0.3 is 0 Å². The first-order valence-electron chi connectivity index (χ1n) is 11.1. The van der Waals surface area contributed by atoms with Gasteiger partial charge in [-0.25, -0.2) is 13.9 Å². The van der Waals surface area contributed by atoms with Crippen LogP contribution in [0, 0.1) is 19.7 Å². The molecule has 3 heterocycles. The van der Waals surface area contributed by atoms with Crippen LogP contribution in [0.3, 0.4) is 0 Å². The third-order valence-corrected chi connectivity index (χ3v) is 6.32. The van der Waals surface area contributed by atoms with Crippen LogP contribution in [0.2, 0.25) is 0 Å². The minimum atomic E-state index is -0.401. The molecule has 0 aliphatic carbocycles. The highest BCUT2D eigenvalue weighted by atomic mass is 19.1. The second-order valence-electron chi connectivity index (χ2n) is 8.39. The molecule has 1 N–H and O–H groups in total. The minimum absolute atomic E-state index is 0.208. The van der Waals surface area contributed by atoms with Crippen LogP contribution >= 0.6 is 0 Å². The van der Waals surface area contributed by atoms with Gasteiger partial charge in [0.25, 0.3) is 0 Å². The summed E-state index contributed by atoms with van der Waals surface area (Å²) in [4.78, 5) is 19.7. The molecule has 6 nitrogen and oxygen atoms in total. The highest BCUT2D eigenvalue weighted by Crippen LogP contribution is 2.31. The van der Waals surface area contributed by atoms with Gasteiger partial charge in [-0.2, -0.15) is 5.10 Å². The normalized spacial score (nSPS) is 13.9. The first-order chi connectivity index (χ1) is 15.5. The van der Waals surface area contributed by atoms with Gasteiger partial charge in [-0.3, -0.25) is 4.79 Å². The molecule has 7 heteroatoms. The van der Waals surface area contributed by atoms with E-state index in [-0.39, 0.29) is 18.0 Å². The van der Waals surface area contributed by atoms with Gasteiger partial charge in [0.1, 0.15) is 11.5 Å². The topological polar surface area (TPSA) is 62.5 Å². The number of hydrogen-bond donors (Lipinski definition) is 1. The highest BCUT2D eigenvalue weighted by Gasteiger charge is 2.20. The van der Waals surface area contributed by atoms with E-state index in [4.69, 9.17) is 4.98 Å². The van der Waals surface area contributed by atoms with Gasteiger partial charge in [0.2, 0.25) is 5.91 Å². The van der Waals surface area contributed by atoms with Crippen LogP contribution in [-0.4, -0.2) is 33.6 Å². The Hall–Kier alpha value is -3.48. The maximum Gasteiger partial charge on any atom is 0.224 e. The molecule has 1 fully saturated rings. The molecule has 1 aliphatic rings. The number of rotatable bonds is 5. The third kappa shape index (κ3) is 3.57. The zero-order valence-corrected chi connectivity index (χ0v) is 18.4. The Morgan fingerprint density at radius 1 is 1.09 bits per heavy atom. The lowest BCUT2D eigenvalue weighted by molar-refractivity contribution is -0.116. The van der Waals surface area contributed by atoms with E-state index in [1.165, 1.54) is 6.07 Å². The van der Waals surface area contributed by atoms with Crippen molar-refractivity contribution < 1.29 is 9.18 Å². The first kappa shape index (κ1) is 20.4. The molecule has 1 aliphatic heterocycles. The predicted molar refractivity (Wildman–Crippen MR) is 125 cm³/mol. The van der Waals surface area contributed by atoms with Crippen molar-refractivity contribution in [2.75, 3.05) is 23.3 Å².